The molecule has 1 N–H and O–H groups in total. The Morgan fingerprint density at radius 1 is 1.14 bits per heavy atom. The molecule has 0 aliphatic carbocycles. The number of nitrogens with one attached hydrogen (secondary N) is 1. The highest BCUT2D eigenvalue weighted by molar-refractivity contribution is 7.89. The highest BCUT2D eigenvalue weighted by Crippen LogP contribution is 2.27. The van der Waals surface area contributed by atoms with Crippen molar-refractivity contribution in [2.45, 2.75) is 24.8 Å². The van der Waals surface area contributed by atoms with Crippen molar-refractivity contribution in [1.82, 2.24) is 19.6 Å². The molecule has 1 unspecified atom stereocenters. The van der Waals surface area contributed by atoms with Gasteiger partial charge in [0.05, 0.1) is 22.3 Å². The smallest absolute Gasteiger partial charge is 0.263 e. The van der Waals surface area contributed by atoms with E-state index >= 15 is 0 Å². The first-order valence-electron chi connectivity index (χ1n) is 8.92. The number of aromatic nitrogens is 2. The van der Waals surface area contributed by atoms with Gasteiger partial charge in [-0.2, -0.15) is 0 Å². The van der Waals surface area contributed by atoms with Gasteiger partial charge in [0.15, 0.2) is 0 Å². The lowest BCUT2D eigenvalue weighted by Crippen LogP contribution is -2.26. The van der Waals surface area contributed by atoms with Crippen LogP contribution in [-0.4, -0.2) is 42.7 Å². The van der Waals surface area contributed by atoms with Crippen LogP contribution in [0, 0.1) is 6.92 Å². The van der Waals surface area contributed by atoms with E-state index in [4.69, 9.17) is 0 Å². The Bertz CT molecular complexity index is 1110. The summed E-state index contributed by atoms with van der Waals surface area (Å²) in [7, 11) is -0.504. The molecule has 7 nitrogen and oxygen atoms in total. The van der Waals surface area contributed by atoms with Crippen LogP contribution in [0.3, 0.4) is 0 Å². The Labute approximate surface area is 174 Å². The van der Waals surface area contributed by atoms with Gasteiger partial charge in [-0.05, 0) is 43.7 Å². The van der Waals surface area contributed by atoms with Gasteiger partial charge in [0.25, 0.3) is 5.91 Å². The molecule has 3 rings (SSSR count). The fourth-order valence-electron chi connectivity index (χ4n) is 2.69. The number of hydrogen-bond donors (Lipinski definition) is 1. The SMILES string of the molecule is Cc1nc(-c2ccccn2)sc1C(=O)NC(C)c1ccc(S(=O)(=O)N(C)C)cc1. The maximum absolute atomic E-state index is 12.7. The summed E-state index contributed by atoms with van der Waals surface area (Å²) in [6, 6.07) is 11.8. The van der Waals surface area contributed by atoms with Crippen molar-refractivity contribution >= 4 is 27.3 Å². The number of sulfonamides is 1. The van der Waals surface area contributed by atoms with E-state index in [-0.39, 0.29) is 16.8 Å². The second kappa shape index (κ2) is 8.40. The highest BCUT2D eigenvalue weighted by atomic mass is 32.2. The van der Waals surface area contributed by atoms with E-state index < -0.39 is 10.0 Å². The molecule has 0 fully saturated rings. The summed E-state index contributed by atoms with van der Waals surface area (Å²) in [5.41, 5.74) is 2.18. The van der Waals surface area contributed by atoms with Crippen molar-refractivity contribution in [1.29, 1.82) is 0 Å². The third kappa shape index (κ3) is 4.52. The van der Waals surface area contributed by atoms with Gasteiger partial charge in [-0.15, -0.1) is 11.3 Å². The number of hydrogen-bond acceptors (Lipinski definition) is 6. The molecule has 0 bridgehead atoms. The van der Waals surface area contributed by atoms with E-state index in [2.05, 4.69) is 15.3 Å². The standard InChI is InChI=1S/C20H22N4O3S2/c1-13(15-8-10-16(11-9-15)29(26,27)24(3)4)22-19(25)18-14(2)23-20(28-18)17-7-5-6-12-21-17/h5-13H,1-4H3,(H,22,25). The third-order valence-corrected chi connectivity index (χ3v) is 7.40. The molecular weight excluding hydrogens is 408 g/mol. The number of rotatable bonds is 6. The molecule has 0 aliphatic rings. The number of carbonyl (C=O) groups is 1. The van der Waals surface area contributed by atoms with Gasteiger partial charge in [0.1, 0.15) is 9.88 Å². The van der Waals surface area contributed by atoms with Crippen LogP contribution in [0.15, 0.2) is 53.6 Å². The lowest BCUT2D eigenvalue weighted by molar-refractivity contribution is 0.0943. The van der Waals surface area contributed by atoms with Crippen molar-refractivity contribution < 1.29 is 13.2 Å². The van der Waals surface area contributed by atoms with Crippen LogP contribution in [0.1, 0.15) is 33.9 Å². The summed E-state index contributed by atoms with van der Waals surface area (Å²) < 4.78 is 25.5. The molecule has 1 aromatic carbocycles. The minimum absolute atomic E-state index is 0.211. The molecule has 152 valence electrons. The minimum Gasteiger partial charge on any atom is -0.345 e. The van der Waals surface area contributed by atoms with Crippen LogP contribution in [0.2, 0.25) is 0 Å². The van der Waals surface area contributed by atoms with Crippen molar-refractivity contribution in [3.05, 3.63) is 64.8 Å². The molecule has 1 atom stereocenters. The van der Waals surface area contributed by atoms with Crippen LogP contribution < -0.4 is 5.32 Å². The Hall–Kier alpha value is -2.62. The van der Waals surface area contributed by atoms with E-state index in [9.17, 15) is 13.2 Å². The zero-order valence-electron chi connectivity index (χ0n) is 16.6. The minimum atomic E-state index is -3.48. The molecule has 9 heteroatoms. The maximum Gasteiger partial charge on any atom is 0.263 e. The van der Waals surface area contributed by atoms with Gasteiger partial charge >= 0.3 is 0 Å². The lowest BCUT2D eigenvalue weighted by atomic mass is 10.1. The summed E-state index contributed by atoms with van der Waals surface area (Å²) in [6.45, 7) is 3.65. The highest BCUT2D eigenvalue weighted by Gasteiger charge is 2.20. The van der Waals surface area contributed by atoms with E-state index in [1.165, 1.54) is 29.7 Å². The number of pyridine rings is 1. The van der Waals surface area contributed by atoms with Gasteiger partial charge in [-0.3, -0.25) is 9.78 Å². The summed E-state index contributed by atoms with van der Waals surface area (Å²) in [5.74, 6) is -0.223. The average molecular weight is 431 g/mol. The lowest BCUT2D eigenvalue weighted by Gasteiger charge is -2.16. The van der Waals surface area contributed by atoms with Gasteiger partial charge in [-0.1, -0.05) is 18.2 Å². The van der Waals surface area contributed by atoms with Crippen molar-refractivity contribution in [2.24, 2.45) is 0 Å². The molecule has 0 radical (unpaired) electrons. The average Bonchev–Trinajstić information content (AvgIpc) is 3.10. The Morgan fingerprint density at radius 2 is 1.83 bits per heavy atom. The monoisotopic (exact) mass is 430 g/mol. The zero-order chi connectivity index (χ0) is 21.2. The first-order valence-corrected chi connectivity index (χ1v) is 11.2. The van der Waals surface area contributed by atoms with Gasteiger partial charge in [0.2, 0.25) is 10.0 Å². The topological polar surface area (TPSA) is 92.3 Å². The van der Waals surface area contributed by atoms with Crippen LogP contribution >= 0.6 is 11.3 Å². The molecular formula is C20H22N4O3S2. The number of aryl methyl sites for hydroxylation is 1. The summed E-state index contributed by atoms with van der Waals surface area (Å²) in [5, 5.41) is 3.64. The third-order valence-electron chi connectivity index (χ3n) is 4.39. The number of thiazole rings is 1. The molecule has 29 heavy (non-hydrogen) atoms. The number of carbonyl (C=O) groups excluding carboxylic acids is 1. The Kier molecular flexibility index (Phi) is 6.11. The van der Waals surface area contributed by atoms with Crippen molar-refractivity contribution in [2.75, 3.05) is 14.1 Å². The molecule has 2 heterocycles. The second-order valence-corrected chi connectivity index (χ2v) is 9.85. The second-order valence-electron chi connectivity index (χ2n) is 6.70. The van der Waals surface area contributed by atoms with E-state index in [1.54, 1.807) is 37.4 Å². The van der Waals surface area contributed by atoms with Crippen LogP contribution in [0.5, 0.6) is 0 Å². The zero-order valence-corrected chi connectivity index (χ0v) is 18.2. The molecule has 0 spiro atoms. The fraction of sp³-hybridized carbons (Fsp3) is 0.250. The summed E-state index contributed by atoms with van der Waals surface area (Å²) >= 11 is 1.30. The molecule has 2 aromatic heterocycles. The van der Waals surface area contributed by atoms with E-state index in [1.807, 2.05) is 25.1 Å². The van der Waals surface area contributed by atoms with Crippen LogP contribution in [-0.2, 0) is 10.0 Å². The van der Waals surface area contributed by atoms with E-state index in [0.29, 0.717) is 15.6 Å². The molecule has 3 aromatic rings. The fourth-order valence-corrected chi connectivity index (χ4v) is 4.54. The maximum atomic E-state index is 12.7. The predicted octanol–water partition coefficient (Wildman–Crippen LogP) is 3.25. The van der Waals surface area contributed by atoms with Crippen LogP contribution in [0.4, 0.5) is 0 Å². The molecule has 1 amide bonds. The van der Waals surface area contributed by atoms with Crippen LogP contribution in [0.25, 0.3) is 10.7 Å². The quantitative estimate of drug-likeness (QED) is 0.648. The molecule has 0 saturated heterocycles. The van der Waals surface area contributed by atoms with Crippen molar-refractivity contribution in [3.63, 3.8) is 0 Å². The summed E-state index contributed by atoms with van der Waals surface area (Å²) in [6.07, 6.45) is 1.69. The van der Waals surface area contributed by atoms with Gasteiger partial charge < -0.3 is 5.32 Å². The Morgan fingerprint density at radius 3 is 2.41 bits per heavy atom. The molecule has 0 aliphatic heterocycles. The number of benzene rings is 1. The summed E-state index contributed by atoms with van der Waals surface area (Å²) in [4.78, 5) is 22.2. The molecule has 0 saturated carbocycles. The largest absolute Gasteiger partial charge is 0.345 e. The van der Waals surface area contributed by atoms with Gasteiger partial charge in [-0.25, -0.2) is 17.7 Å². The Balaban J connectivity index is 1.75. The van der Waals surface area contributed by atoms with Gasteiger partial charge in [0, 0.05) is 20.3 Å². The predicted molar refractivity (Wildman–Crippen MR) is 113 cm³/mol. The normalized spacial score (nSPS) is 12.7. The first kappa shape index (κ1) is 21.1. The van der Waals surface area contributed by atoms with E-state index in [0.717, 1.165) is 11.3 Å². The first-order chi connectivity index (χ1) is 13.7. The van der Waals surface area contributed by atoms with Crippen molar-refractivity contribution in [3.8, 4) is 10.7 Å². The number of nitrogens with zero attached hydrogens (tertiary/aromatic N) is 3. The number of amides is 1.